The fraction of sp³-hybridized carbons (Fsp3) is 0.429. The number of hydrogen-bond acceptors (Lipinski definition) is 3. The molecule has 0 radical (unpaired) electrons. The Balaban J connectivity index is 2.20. The number of aliphatic hydroxyl groups excluding tert-OH is 1. The first kappa shape index (κ1) is 12.8. The molecule has 0 aromatic heterocycles. The molecular weight excluding hydrogens is 230 g/mol. The van der Waals surface area contributed by atoms with E-state index in [4.69, 9.17) is 5.11 Å². The van der Waals surface area contributed by atoms with E-state index in [0.29, 0.717) is 24.9 Å². The maximum Gasteiger partial charge on any atom is 0.234 e. The number of carbonyl (C=O) groups is 2. The quantitative estimate of drug-likeness (QED) is 0.824. The summed E-state index contributed by atoms with van der Waals surface area (Å²) < 4.78 is 0. The van der Waals surface area contributed by atoms with Gasteiger partial charge in [0.05, 0.1) is 5.69 Å². The topological polar surface area (TPSA) is 57.6 Å². The zero-order chi connectivity index (χ0) is 13.1. The van der Waals surface area contributed by atoms with Crippen LogP contribution in [0.25, 0.3) is 0 Å². The van der Waals surface area contributed by atoms with Gasteiger partial charge in [-0.1, -0.05) is 19.1 Å². The van der Waals surface area contributed by atoms with Gasteiger partial charge in [0.2, 0.25) is 11.8 Å². The molecule has 4 heteroatoms. The first-order valence-electron chi connectivity index (χ1n) is 6.17. The number of carbonyl (C=O) groups excluding carboxylic acids is 2. The molecule has 2 rings (SSSR count). The number of piperidine rings is 1. The maximum atomic E-state index is 11.9. The van der Waals surface area contributed by atoms with Crippen molar-refractivity contribution in [1.29, 1.82) is 0 Å². The Labute approximate surface area is 106 Å². The van der Waals surface area contributed by atoms with Crippen molar-refractivity contribution in [1.82, 2.24) is 0 Å². The lowest BCUT2D eigenvalue weighted by molar-refractivity contribution is -0.130. The van der Waals surface area contributed by atoms with Gasteiger partial charge in [-0.05, 0) is 30.0 Å². The summed E-state index contributed by atoms with van der Waals surface area (Å²) in [5.74, 6) is -0.128. The van der Waals surface area contributed by atoms with Gasteiger partial charge in [-0.15, -0.1) is 0 Å². The molecule has 2 amide bonds. The Bertz CT molecular complexity index is 435. The highest BCUT2D eigenvalue weighted by atomic mass is 16.3. The minimum atomic E-state index is -0.131. The van der Waals surface area contributed by atoms with Crippen molar-refractivity contribution in [3.63, 3.8) is 0 Å². The highest BCUT2D eigenvalue weighted by Crippen LogP contribution is 2.25. The molecule has 0 spiro atoms. The van der Waals surface area contributed by atoms with Gasteiger partial charge in [-0.25, -0.2) is 0 Å². The van der Waals surface area contributed by atoms with Crippen molar-refractivity contribution in [2.75, 3.05) is 11.5 Å². The molecule has 0 atom stereocenters. The largest absolute Gasteiger partial charge is 0.396 e. The van der Waals surface area contributed by atoms with E-state index >= 15 is 0 Å². The Morgan fingerprint density at radius 3 is 2.22 bits per heavy atom. The van der Waals surface area contributed by atoms with E-state index in [0.717, 1.165) is 5.56 Å². The van der Waals surface area contributed by atoms with Gasteiger partial charge >= 0.3 is 0 Å². The molecule has 0 aliphatic carbocycles. The fourth-order valence-corrected chi connectivity index (χ4v) is 2.22. The van der Waals surface area contributed by atoms with Crippen LogP contribution in [0.5, 0.6) is 0 Å². The monoisotopic (exact) mass is 247 g/mol. The molecule has 1 heterocycles. The summed E-state index contributed by atoms with van der Waals surface area (Å²) in [4.78, 5) is 25.0. The number of aliphatic hydroxyl groups is 1. The molecule has 1 aromatic rings. The van der Waals surface area contributed by atoms with Crippen LogP contribution in [0, 0.1) is 5.92 Å². The van der Waals surface area contributed by atoms with E-state index in [2.05, 4.69) is 0 Å². The van der Waals surface area contributed by atoms with Crippen LogP contribution in [0.15, 0.2) is 24.3 Å². The smallest absolute Gasteiger partial charge is 0.234 e. The molecule has 4 nitrogen and oxygen atoms in total. The van der Waals surface area contributed by atoms with Crippen LogP contribution in [0.2, 0.25) is 0 Å². The summed E-state index contributed by atoms with van der Waals surface area (Å²) >= 11 is 0. The van der Waals surface area contributed by atoms with E-state index in [1.807, 2.05) is 19.1 Å². The van der Waals surface area contributed by atoms with Gasteiger partial charge in [0.25, 0.3) is 0 Å². The SMILES string of the molecule is CC1CC(=O)N(c2ccc(CCO)cc2)C(=O)C1. The standard InChI is InChI=1S/C14H17NO3/c1-10-8-13(17)15(14(18)9-10)12-4-2-11(3-5-12)6-7-16/h2-5,10,16H,6-9H2,1H3. The van der Waals surface area contributed by atoms with E-state index in [9.17, 15) is 9.59 Å². The van der Waals surface area contributed by atoms with Crippen molar-refractivity contribution in [2.24, 2.45) is 5.92 Å². The number of imide groups is 1. The summed E-state index contributed by atoms with van der Waals surface area (Å²) in [5.41, 5.74) is 1.62. The van der Waals surface area contributed by atoms with Crippen molar-refractivity contribution >= 4 is 17.5 Å². The zero-order valence-electron chi connectivity index (χ0n) is 10.4. The first-order valence-corrected chi connectivity index (χ1v) is 6.17. The summed E-state index contributed by atoms with van der Waals surface area (Å²) in [6.45, 7) is 2.01. The molecule has 0 bridgehead atoms. The third-order valence-corrected chi connectivity index (χ3v) is 3.14. The molecule has 1 aliphatic rings. The summed E-state index contributed by atoms with van der Waals surface area (Å²) in [5, 5.41) is 8.83. The van der Waals surface area contributed by atoms with Crippen molar-refractivity contribution in [3.8, 4) is 0 Å². The number of benzene rings is 1. The van der Waals surface area contributed by atoms with Crippen LogP contribution in [0.1, 0.15) is 25.3 Å². The molecule has 96 valence electrons. The number of nitrogens with zero attached hydrogens (tertiary/aromatic N) is 1. The van der Waals surface area contributed by atoms with Crippen molar-refractivity contribution < 1.29 is 14.7 Å². The predicted molar refractivity (Wildman–Crippen MR) is 68.1 cm³/mol. The van der Waals surface area contributed by atoms with Gasteiger partial charge in [0, 0.05) is 19.4 Å². The lowest BCUT2D eigenvalue weighted by Crippen LogP contribution is -2.42. The highest BCUT2D eigenvalue weighted by Gasteiger charge is 2.31. The van der Waals surface area contributed by atoms with Gasteiger partial charge in [0.15, 0.2) is 0 Å². The Hall–Kier alpha value is -1.68. The lowest BCUT2D eigenvalue weighted by Gasteiger charge is -2.28. The predicted octanol–water partition coefficient (Wildman–Crippen LogP) is 1.51. The number of rotatable bonds is 3. The third-order valence-electron chi connectivity index (χ3n) is 3.14. The number of amides is 2. The van der Waals surface area contributed by atoms with Crippen LogP contribution in [-0.2, 0) is 16.0 Å². The lowest BCUT2D eigenvalue weighted by atomic mass is 9.97. The van der Waals surface area contributed by atoms with Crippen LogP contribution >= 0.6 is 0 Å². The average molecular weight is 247 g/mol. The van der Waals surface area contributed by atoms with E-state index in [-0.39, 0.29) is 24.3 Å². The molecule has 0 saturated carbocycles. The molecular formula is C14H17NO3. The van der Waals surface area contributed by atoms with E-state index in [1.165, 1.54) is 4.90 Å². The molecule has 1 aromatic carbocycles. The molecule has 1 saturated heterocycles. The third kappa shape index (κ3) is 2.59. The van der Waals surface area contributed by atoms with E-state index in [1.54, 1.807) is 12.1 Å². The Kier molecular flexibility index (Phi) is 3.77. The summed E-state index contributed by atoms with van der Waals surface area (Å²) in [6.07, 6.45) is 1.42. The molecule has 0 unspecified atom stereocenters. The first-order chi connectivity index (χ1) is 8.61. The normalized spacial score (nSPS) is 17.3. The summed E-state index contributed by atoms with van der Waals surface area (Å²) in [6, 6.07) is 7.20. The summed E-state index contributed by atoms with van der Waals surface area (Å²) in [7, 11) is 0. The van der Waals surface area contributed by atoms with Gasteiger partial charge < -0.3 is 5.11 Å². The highest BCUT2D eigenvalue weighted by molar-refractivity contribution is 6.16. The molecule has 1 aliphatic heterocycles. The number of anilines is 1. The molecule has 1 fully saturated rings. The second-order valence-corrected chi connectivity index (χ2v) is 4.78. The van der Waals surface area contributed by atoms with Gasteiger partial charge in [-0.3, -0.25) is 14.5 Å². The minimum absolute atomic E-state index is 0.0957. The van der Waals surface area contributed by atoms with Crippen molar-refractivity contribution in [3.05, 3.63) is 29.8 Å². The van der Waals surface area contributed by atoms with E-state index < -0.39 is 0 Å². The van der Waals surface area contributed by atoms with Crippen LogP contribution in [0.3, 0.4) is 0 Å². The van der Waals surface area contributed by atoms with Crippen LogP contribution in [-0.4, -0.2) is 23.5 Å². The Morgan fingerprint density at radius 1 is 1.17 bits per heavy atom. The Morgan fingerprint density at radius 2 is 1.72 bits per heavy atom. The maximum absolute atomic E-state index is 11.9. The second kappa shape index (κ2) is 5.31. The number of hydrogen-bond donors (Lipinski definition) is 1. The van der Waals surface area contributed by atoms with Crippen LogP contribution in [0.4, 0.5) is 5.69 Å². The van der Waals surface area contributed by atoms with Crippen molar-refractivity contribution in [2.45, 2.75) is 26.2 Å². The van der Waals surface area contributed by atoms with Gasteiger partial charge in [0.1, 0.15) is 0 Å². The molecule has 18 heavy (non-hydrogen) atoms. The zero-order valence-corrected chi connectivity index (χ0v) is 10.4. The van der Waals surface area contributed by atoms with Gasteiger partial charge in [-0.2, -0.15) is 0 Å². The second-order valence-electron chi connectivity index (χ2n) is 4.78. The minimum Gasteiger partial charge on any atom is -0.396 e. The molecule has 1 N–H and O–H groups in total. The average Bonchev–Trinajstić information content (AvgIpc) is 2.30. The fourth-order valence-electron chi connectivity index (χ4n) is 2.22. The van der Waals surface area contributed by atoms with Crippen LogP contribution < -0.4 is 4.90 Å².